The molecule has 1 aromatic rings. The van der Waals surface area contributed by atoms with Gasteiger partial charge in [0.25, 0.3) is 5.91 Å². The van der Waals surface area contributed by atoms with Crippen LogP contribution in [0.3, 0.4) is 0 Å². The van der Waals surface area contributed by atoms with E-state index in [4.69, 9.17) is 4.74 Å². The normalized spacial score (nSPS) is 20.0. The lowest BCUT2D eigenvalue weighted by Crippen LogP contribution is -2.49. The van der Waals surface area contributed by atoms with E-state index >= 15 is 0 Å². The molecular weight excluding hydrogens is 344 g/mol. The molecule has 0 aromatic carbocycles. The molecule has 148 valence electrons. The predicted molar refractivity (Wildman–Crippen MR) is 101 cm³/mol. The summed E-state index contributed by atoms with van der Waals surface area (Å²) < 4.78 is 6.17. The molecule has 2 amide bonds. The first-order valence-corrected chi connectivity index (χ1v) is 9.95. The molecule has 2 saturated heterocycles. The summed E-state index contributed by atoms with van der Waals surface area (Å²) in [5, 5.41) is 0. The molecule has 2 aliphatic heterocycles. The standard InChI is InChI=1S/C20H30N4O3/c1-4-5-8-23-11-12-27-20(13-17(23)25)6-9-24(10-7-20)19(26)18-15(2)21-14-22-16(18)3/h14H,4-13H2,1-3H3. The highest BCUT2D eigenvalue weighted by atomic mass is 16.5. The molecule has 27 heavy (non-hydrogen) atoms. The van der Waals surface area contributed by atoms with E-state index in [0.29, 0.717) is 62.5 Å². The van der Waals surface area contributed by atoms with Gasteiger partial charge < -0.3 is 14.5 Å². The SMILES string of the molecule is CCCCN1CCOC2(CCN(C(=O)c3c(C)ncnc3C)CC2)CC1=O. The quantitative estimate of drug-likeness (QED) is 0.807. The largest absolute Gasteiger partial charge is 0.372 e. The average molecular weight is 374 g/mol. The number of hydrogen-bond acceptors (Lipinski definition) is 5. The maximum absolute atomic E-state index is 12.9. The fourth-order valence-electron chi connectivity index (χ4n) is 4.02. The zero-order valence-electron chi connectivity index (χ0n) is 16.7. The fourth-order valence-corrected chi connectivity index (χ4v) is 4.02. The molecule has 0 saturated carbocycles. The Hall–Kier alpha value is -2.02. The van der Waals surface area contributed by atoms with Gasteiger partial charge in [0.1, 0.15) is 6.33 Å². The van der Waals surface area contributed by atoms with Crippen LogP contribution in [-0.4, -0.2) is 70.0 Å². The third kappa shape index (κ3) is 4.29. The molecule has 1 spiro atoms. The van der Waals surface area contributed by atoms with Crippen LogP contribution in [0.1, 0.15) is 60.8 Å². The van der Waals surface area contributed by atoms with Crippen molar-refractivity contribution in [1.82, 2.24) is 19.8 Å². The van der Waals surface area contributed by atoms with E-state index in [-0.39, 0.29) is 11.8 Å². The molecule has 2 aliphatic rings. The van der Waals surface area contributed by atoms with Gasteiger partial charge in [0, 0.05) is 26.2 Å². The third-order valence-corrected chi connectivity index (χ3v) is 5.78. The number of rotatable bonds is 4. The number of carbonyl (C=O) groups is 2. The maximum Gasteiger partial charge on any atom is 0.257 e. The minimum atomic E-state index is -0.424. The second-order valence-electron chi connectivity index (χ2n) is 7.65. The first kappa shape index (κ1) is 19.7. The van der Waals surface area contributed by atoms with E-state index < -0.39 is 5.60 Å². The molecule has 0 aliphatic carbocycles. The summed E-state index contributed by atoms with van der Waals surface area (Å²) in [7, 11) is 0. The summed E-state index contributed by atoms with van der Waals surface area (Å²) >= 11 is 0. The molecule has 0 atom stereocenters. The second-order valence-corrected chi connectivity index (χ2v) is 7.65. The summed E-state index contributed by atoms with van der Waals surface area (Å²) in [6, 6.07) is 0. The molecule has 2 fully saturated rings. The van der Waals surface area contributed by atoms with Crippen LogP contribution in [0, 0.1) is 13.8 Å². The predicted octanol–water partition coefficient (Wildman–Crippen LogP) is 2.12. The summed E-state index contributed by atoms with van der Waals surface area (Å²) in [6.45, 7) is 9.05. The van der Waals surface area contributed by atoms with Crippen molar-refractivity contribution in [3.8, 4) is 0 Å². The number of piperidine rings is 1. The van der Waals surface area contributed by atoms with Crippen LogP contribution < -0.4 is 0 Å². The lowest BCUT2D eigenvalue weighted by Gasteiger charge is -2.40. The van der Waals surface area contributed by atoms with Crippen molar-refractivity contribution in [2.45, 2.75) is 58.5 Å². The van der Waals surface area contributed by atoms with E-state index in [1.807, 2.05) is 23.6 Å². The van der Waals surface area contributed by atoms with Crippen molar-refractivity contribution in [2.75, 3.05) is 32.8 Å². The molecule has 0 unspecified atom stereocenters. The van der Waals surface area contributed by atoms with E-state index in [2.05, 4.69) is 16.9 Å². The van der Waals surface area contributed by atoms with Crippen LogP contribution >= 0.6 is 0 Å². The van der Waals surface area contributed by atoms with Gasteiger partial charge in [0.05, 0.1) is 35.6 Å². The second kappa shape index (κ2) is 8.33. The smallest absolute Gasteiger partial charge is 0.257 e. The van der Waals surface area contributed by atoms with Crippen molar-refractivity contribution >= 4 is 11.8 Å². The van der Waals surface area contributed by atoms with E-state index in [1.54, 1.807) is 0 Å². The Morgan fingerprint density at radius 2 is 1.85 bits per heavy atom. The lowest BCUT2D eigenvalue weighted by atomic mass is 9.87. The van der Waals surface area contributed by atoms with E-state index in [9.17, 15) is 9.59 Å². The van der Waals surface area contributed by atoms with Crippen molar-refractivity contribution in [3.05, 3.63) is 23.3 Å². The highest BCUT2D eigenvalue weighted by Gasteiger charge is 2.41. The number of carbonyl (C=O) groups excluding carboxylic acids is 2. The molecule has 0 N–H and O–H groups in total. The molecule has 3 rings (SSSR count). The summed E-state index contributed by atoms with van der Waals surface area (Å²) in [5.41, 5.74) is 1.59. The van der Waals surface area contributed by atoms with E-state index in [0.717, 1.165) is 19.4 Å². The van der Waals surface area contributed by atoms with Gasteiger partial charge in [-0.3, -0.25) is 9.59 Å². The molecule has 0 bridgehead atoms. The monoisotopic (exact) mass is 374 g/mol. The molecule has 7 heteroatoms. The minimum Gasteiger partial charge on any atom is -0.372 e. The average Bonchev–Trinajstić information content (AvgIpc) is 2.79. The molecule has 1 aromatic heterocycles. The first-order valence-electron chi connectivity index (χ1n) is 9.95. The highest BCUT2D eigenvalue weighted by Crippen LogP contribution is 2.33. The van der Waals surface area contributed by atoms with Gasteiger partial charge >= 0.3 is 0 Å². The molecular formula is C20H30N4O3. The van der Waals surface area contributed by atoms with Crippen LogP contribution in [0.5, 0.6) is 0 Å². The van der Waals surface area contributed by atoms with Gasteiger partial charge in [-0.05, 0) is 33.1 Å². The Bertz CT molecular complexity index is 678. The van der Waals surface area contributed by atoms with Crippen molar-refractivity contribution in [1.29, 1.82) is 0 Å². The van der Waals surface area contributed by atoms with Crippen molar-refractivity contribution < 1.29 is 14.3 Å². The van der Waals surface area contributed by atoms with Crippen LogP contribution in [0.15, 0.2) is 6.33 Å². The van der Waals surface area contributed by atoms with Crippen LogP contribution in [0.25, 0.3) is 0 Å². The number of amides is 2. The van der Waals surface area contributed by atoms with Gasteiger partial charge in [0.2, 0.25) is 5.91 Å². The van der Waals surface area contributed by atoms with Crippen molar-refractivity contribution in [3.63, 3.8) is 0 Å². The topological polar surface area (TPSA) is 75.6 Å². The van der Waals surface area contributed by atoms with E-state index in [1.165, 1.54) is 6.33 Å². The Kier molecular flexibility index (Phi) is 6.09. The fraction of sp³-hybridized carbons (Fsp3) is 0.700. The van der Waals surface area contributed by atoms with Crippen LogP contribution in [-0.2, 0) is 9.53 Å². The Labute approximate surface area is 161 Å². The summed E-state index contributed by atoms with van der Waals surface area (Å²) in [4.78, 5) is 37.7. The van der Waals surface area contributed by atoms with Gasteiger partial charge in [-0.15, -0.1) is 0 Å². The van der Waals surface area contributed by atoms with Gasteiger partial charge in [0.15, 0.2) is 0 Å². The number of hydrogen-bond donors (Lipinski definition) is 0. The third-order valence-electron chi connectivity index (χ3n) is 5.78. The number of nitrogens with zero attached hydrogens (tertiary/aromatic N) is 4. The highest BCUT2D eigenvalue weighted by molar-refractivity contribution is 5.96. The molecule has 7 nitrogen and oxygen atoms in total. The first-order chi connectivity index (χ1) is 13.0. The van der Waals surface area contributed by atoms with Gasteiger partial charge in [-0.25, -0.2) is 9.97 Å². The number of unbranched alkanes of at least 4 members (excludes halogenated alkanes) is 1. The molecule has 0 radical (unpaired) electrons. The van der Waals surface area contributed by atoms with Crippen LogP contribution in [0.4, 0.5) is 0 Å². The Balaban J connectivity index is 1.64. The Morgan fingerprint density at radius 3 is 2.48 bits per heavy atom. The lowest BCUT2D eigenvalue weighted by molar-refractivity contribution is -0.135. The maximum atomic E-state index is 12.9. The molecule has 3 heterocycles. The van der Waals surface area contributed by atoms with Crippen LogP contribution in [0.2, 0.25) is 0 Å². The zero-order chi connectivity index (χ0) is 19.4. The zero-order valence-corrected chi connectivity index (χ0v) is 16.7. The minimum absolute atomic E-state index is 0.0232. The number of ether oxygens (including phenoxy) is 1. The summed E-state index contributed by atoms with van der Waals surface area (Å²) in [6.07, 6.45) is 5.40. The number of likely N-dealkylation sites (tertiary alicyclic amines) is 1. The van der Waals surface area contributed by atoms with Gasteiger partial charge in [-0.1, -0.05) is 13.3 Å². The Morgan fingerprint density at radius 1 is 1.19 bits per heavy atom. The van der Waals surface area contributed by atoms with Crippen molar-refractivity contribution in [2.24, 2.45) is 0 Å². The summed E-state index contributed by atoms with van der Waals surface area (Å²) in [5.74, 6) is 0.161. The number of aryl methyl sites for hydroxylation is 2. The van der Waals surface area contributed by atoms with Gasteiger partial charge in [-0.2, -0.15) is 0 Å². The number of aromatic nitrogens is 2.